The maximum Gasteiger partial charge on any atom is 0.393 e. The summed E-state index contributed by atoms with van der Waals surface area (Å²) in [7, 11) is 1.86. The first-order valence-electron chi connectivity index (χ1n) is 11.2. The quantitative estimate of drug-likeness (QED) is 0.219. The number of piperidine rings is 1. The summed E-state index contributed by atoms with van der Waals surface area (Å²) < 4.78 is 65.8. The van der Waals surface area contributed by atoms with Gasteiger partial charge in [-0.05, 0) is 41.9 Å². The average Bonchev–Trinajstić information content (AvgIpc) is 3.54. The van der Waals surface area contributed by atoms with Crippen LogP contribution in [0.4, 0.5) is 23.2 Å². The van der Waals surface area contributed by atoms with E-state index >= 15 is 0 Å². The maximum absolute atomic E-state index is 14.4. The summed E-state index contributed by atoms with van der Waals surface area (Å²) in [5.74, 6) is 0.323. The topological polar surface area (TPSA) is 92.8 Å². The molecule has 8 nitrogen and oxygen atoms in total. The highest BCUT2D eigenvalue weighted by molar-refractivity contribution is 7.97. The van der Waals surface area contributed by atoms with Crippen molar-refractivity contribution in [3.63, 3.8) is 0 Å². The van der Waals surface area contributed by atoms with Gasteiger partial charge in [-0.25, -0.2) is 14.1 Å². The third-order valence-corrected chi connectivity index (χ3v) is 7.68. The van der Waals surface area contributed by atoms with Crippen LogP contribution in [-0.2, 0) is 20.0 Å². The van der Waals surface area contributed by atoms with Crippen LogP contribution in [0.1, 0.15) is 17.9 Å². The van der Waals surface area contributed by atoms with Gasteiger partial charge in [0.15, 0.2) is 0 Å². The fraction of sp³-hybridized carbons (Fsp3) is 0.409. The largest absolute Gasteiger partial charge is 0.393 e. The van der Waals surface area contributed by atoms with Gasteiger partial charge in [0.2, 0.25) is 11.7 Å². The van der Waals surface area contributed by atoms with Crippen LogP contribution in [0.2, 0.25) is 0 Å². The summed E-state index contributed by atoms with van der Waals surface area (Å²) in [6.07, 6.45) is -2.60. The van der Waals surface area contributed by atoms with Crippen LogP contribution in [0.5, 0.6) is 0 Å². The highest BCUT2D eigenvalue weighted by Gasteiger charge is 2.33. The van der Waals surface area contributed by atoms with E-state index in [0.29, 0.717) is 28.7 Å². The molecule has 1 fully saturated rings. The first-order valence-corrected chi connectivity index (χ1v) is 12.8. The summed E-state index contributed by atoms with van der Waals surface area (Å²) in [6, 6.07) is 4.65. The van der Waals surface area contributed by atoms with Crippen LogP contribution in [0.15, 0.2) is 40.3 Å². The molecule has 1 saturated heterocycles. The lowest BCUT2D eigenvalue weighted by atomic mass is 10.0. The molecule has 0 saturated carbocycles. The third-order valence-electron chi connectivity index (χ3n) is 5.70. The van der Waals surface area contributed by atoms with Gasteiger partial charge in [-0.15, -0.1) is 11.3 Å². The second-order valence-corrected chi connectivity index (χ2v) is 10.4. The van der Waals surface area contributed by atoms with E-state index in [1.165, 1.54) is 11.9 Å². The molecule has 1 aliphatic rings. The fourth-order valence-corrected chi connectivity index (χ4v) is 5.94. The molecule has 0 spiro atoms. The van der Waals surface area contributed by atoms with E-state index in [-0.39, 0.29) is 35.2 Å². The number of halogens is 4. The highest BCUT2D eigenvalue weighted by Crippen LogP contribution is 2.43. The number of hydrogen-bond acceptors (Lipinski definition) is 9. The minimum Gasteiger partial charge on any atom is -0.378 e. The number of imidazole rings is 1. The van der Waals surface area contributed by atoms with Crippen molar-refractivity contribution in [2.45, 2.75) is 42.8 Å². The molecule has 0 aliphatic carbocycles. The number of nitrogens with one attached hydrogen (secondary N) is 3. The van der Waals surface area contributed by atoms with Crippen molar-refractivity contribution >= 4 is 39.1 Å². The van der Waals surface area contributed by atoms with Crippen molar-refractivity contribution in [2.75, 3.05) is 18.4 Å². The zero-order valence-corrected chi connectivity index (χ0v) is 20.7. The Kier molecular flexibility index (Phi) is 7.19. The molecule has 1 aliphatic heterocycles. The summed E-state index contributed by atoms with van der Waals surface area (Å²) in [5.41, 5.74) is 0.676. The van der Waals surface area contributed by atoms with Crippen LogP contribution in [0.3, 0.4) is 0 Å². The van der Waals surface area contributed by atoms with Crippen molar-refractivity contribution < 1.29 is 22.1 Å². The Morgan fingerprint density at radius 3 is 2.94 bits per heavy atom. The predicted octanol–water partition coefficient (Wildman–Crippen LogP) is 4.70. The van der Waals surface area contributed by atoms with E-state index in [1.54, 1.807) is 29.1 Å². The lowest BCUT2D eigenvalue weighted by Crippen LogP contribution is -2.45. The van der Waals surface area contributed by atoms with E-state index in [1.807, 2.05) is 13.2 Å². The van der Waals surface area contributed by atoms with Gasteiger partial charge in [0.1, 0.15) is 11.2 Å². The molecule has 36 heavy (non-hydrogen) atoms. The minimum absolute atomic E-state index is 0.0800. The van der Waals surface area contributed by atoms with Gasteiger partial charge in [-0.1, -0.05) is 17.3 Å². The predicted molar refractivity (Wildman–Crippen MR) is 131 cm³/mol. The number of aryl methyl sites for hydroxylation is 1. The molecule has 4 heterocycles. The Morgan fingerprint density at radius 2 is 2.19 bits per heavy atom. The number of alkyl halides is 4. The number of thiophene rings is 1. The summed E-state index contributed by atoms with van der Waals surface area (Å²) in [4.78, 5) is 8.80. The molecule has 2 unspecified atom stereocenters. The summed E-state index contributed by atoms with van der Waals surface area (Å²) in [6.45, 7) is 1.11. The van der Waals surface area contributed by atoms with Gasteiger partial charge in [-0.2, -0.15) is 18.2 Å². The zero-order chi connectivity index (χ0) is 25.3. The molecule has 192 valence electrons. The molecule has 1 aromatic carbocycles. The number of hydrogen-bond donors (Lipinski definition) is 3. The average molecular weight is 542 g/mol. The monoisotopic (exact) mass is 541 g/mol. The van der Waals surface area contributed by atoms with E-state index < -0.39 is 24.8 Å². The highest BCUT2D eigenvalue weighted by atomic mass is 32.2. The van der Waals surface area contributed by atoms with Crippen molar-refractivity contribution in [1.82, 2.24) is 29.7 Å². The standard InChI is InChI=1S/C22H23F4N7OS2/c1-33-10-18(28-11-33)36-29-9-17-31-21(32-34-17)20-13(7-22(24,25)26)12-3-2-4-16(19(12)35-20)30-15-5-6-27-8-14(15)23/h2-4,10-11,14-15,27,29-30H,5-9H2,1H3. The number of benzene rings is 1. The SMILES string of the molecule is Cn1cnc(SNCc2nc(-c3sc4c(NC5CCNCC5F)cccc4c3CC(F)(F)F)no2)c1. The first-order chi connectivity index (χ1) is 17.3. The molecule has 3 aromatic heterocycles. The number of nitrogens with zero attached hydrogens (tertiary/aromatic N) is 4. The van der Waals surface area contributed by atoms with Crippen LogP contribution in [0, 0.1) is 0 Å². The van der Waals surface area contributed by atoms with Crippen molar-refractivity contribution in [2.24, 2.45) is 7.05 Å². The molecule has 0 amide bonds. The number of rotatable bonds is 8. The Hall–Kier alpha value is -2.68. The summed E-state index contributed by atoms with van der Waals surface area (Å²) >= 11 is 2.42. The van der Waals surface area contributed by atoms with Crippen LogP contribution >= 0.6 is 23.3 Å². The van der Waals surface area contributed by atoms with E-state index in [0.717, 1.165) is 16.4 Å². The lowest BCUT2D eigenvalue weighted by Gasteiger charge is -2.28. The van der Waals surface area contributed by atoms with Gasteiger partial charge < -0.3 is 19.7 Å². The Balaban J connectivity index is 1.43. The van der Waals surface area contributed by atoms with E-state index in [9.17, 15) is 17.6 Å². The fourth-order valence-electron chi connectivity index (χ4n) is 4.06. The molecule has 5 rings (SSSR count). The van der Waals surface area contributed by atoms with Crippen LogP contribution in [-0.4, -0.2) is 51.2 Å². The molecule has 0 radical (unpaired) electrons. The van der Waals surface area contributed by atoms with Gasteiger partial charge in [0.05, 0.1) is 40.6 Å². The molecular formula is C22H23F4N7OS2. The lowest BCUT2D eigenvalue weighted by molar-refractivity contribution is -0.126. The van der Waals surface area contributed by atoms with E-state index in [4.69, 9.17) is 4.52 Å². The number of aromatic nitrogens is 4. The van der Waals surface area contributed by atoms with Crippen molar-refractivity contribution in [3.05, 3.63) is 42.2 Å². The molecule has 14 heteroatoms. The maximum atomic E-state index is 14.4. The van der Waals surface area contributed by atoms with Gasteiger partial charge >= 0.3 is 6.18 Å². The van der Waals surface area contributed by atoms with E-state index in [2.05, 4.69) is 30.5 Å². The zero-order valence-electron chi connectivity index (χ0n) is 19.1. The van der Waals surface area contributed by atoms with Crippen molar-refractivity contribution in [1.29, 1.82) is 0 Å². The second kappa shape index (κ2) is 10.4. The first kappa shape index (κ1) is 25.0. The van der Waals surface area contributed by atoms with Crippen molar-refractivity contribution in [3.8, 4) is 10.7 Å². The second-order valence-electron chi connectivity index (χ2n) is 8.46. The molecule has 4 aromatic rings. The smallest absolute Gasteiger partial charge is 0.378 e. The van der Waals surface area contributed by atoms with Gasteiger partial charge in [0, 0.05) is 19.8 Å². The van der Waals surface area contributed by atoms with Crippen LogP contribution < -0.4 is 15.4 Å². The van der Waals surface area contributed by atoms with Gasteiger partial charge in [0.25, 0.3) is 0 Å². The molecule has 0 bridgehead atoms. The molecular weight excluding hydrogens is 518 g/mol. The van der Waals surface area contributed by atoms with Crippen LogP contribution in [0.25, 0.3) is 20.8 Å². The normalized spacial score (nSPS) is 18.7. The third kappa shape index (κ3) is 5.66. The van der Waals surface area contributed by atoms with Gasteiger partial charge in [-0.3, -0.25) is 0 Å². The Bertz CT molecular complexity index is 1340. The number of anilines is 1. The minimum atomic E-state index is -4.43. The molecule has 2 atom stereocenters. The number of fused-ring (bicyclic) bond motifs is 1. The molecule has 3 N–H and O–H groups in total. The summed E-state index contributed by atoms with van der Waals surface area (Å²) in [5, 5.41) is 11.4. The Labute approximate surface area is 212 Å². The Morgan fingerprint density at radius 1 is 1.33 bits per heavy atom.